The molecule has 4 heteroatoms. The maximum absolute atomic E-state index is 10.9. The lowest BCUT2D eigenvalue weighted by Crippen LogP contribution is -2.42. The molecule has 0 spiro atoms. The van der Waals surface area contributed by atoms with Crippen LogP contribution in [0.5, 0.6) is 5.75 Å². The van der Waals surface area contributed by atoms with Crippen LogP contribution in [0.15, 0.2) is 24.3 Å². The third-order valence-corrected chi connectivity index (χ3v) is 3.51. The lowest BCUT2D eigenvalue weighted by molar-refractivity contribution is 0.0161. The normalized spacial score (nSPS) is 17.9. The molecule has 1 heterocycles. The number of carbonyl (C=O) groups is 1. The molecule has 2 rings (SSSR count). The number of hydrogen-bond acceptors (Lipinski definition) is 4. The van der Waals surface area contributed by atoms with E-state index in [4.69, 9.17) is 9.47 Å². The van der Waals surface area contributed by atoms with Gasteiger partial charge in [-0.25, -0.2) is 0 Å². The van der Waals surface area contributed by atoms with Gasteiger partial charge in [0.2, 0.25) is 0 Å². The van der Waals surface area contributed by atoms with E-state index in [0.29, 0.717) is 24.0 Å². The fraction of sp³-hybridized carbons (Fsp3) is 0.533. The fourth-order valence-corrected chi connectivity index (χ4v) is 2.25. The van der Waals surface area contributed by atoms with Crippen LogP contribution in [0, 0.1) is 0 Å². The summed E-state index contributed by atoms with van der Waals surface area (Å²) >= 11 is 0. The van der Waals surface area contributed by atoms with Crippen molar-refractivity contribution in [2.75, 3.05) is 32.9 Å². The Labute approximate surface area is 114 Å². The Bertz CT molecular complexity index is 402. The van der Waals surface area contributed by atoms with Gasteiger partial charge in [-0.15, -0.1) is 0 Å². The molecule has 0 saturated carbocycles. The predicted octanol–water partition coefficient (Wildman–Crippen LogP) is 1.99. The first-order chi connectivity index (χ1) is 9.31. The van der Waals surface area contributed by atoms with E-state index in [1.54, 1.807) is 6.07 Å². The average molecular weight is 263 g/mol. The lowest BCUT2D eigenvalue weighted by atomic mass is 10.2. The molecule has 1 aromatic rings. The molecule has 1 unspecified atom stereocenters. The summed E-state index contributed by atoms with van der Waals surface area (Å²) in [6.45, 7) is 6.46. The maximum Gasteiger partial charge on any atom is 0.153 e. The molecule has 0 N–H and O–H groups in total. The van der Waals surface area contributed by atoms with Gasteiger partial charge in [-0.05, 0) is 25.5 Å². The summed E-state index contributed by atoms with van der Waals surface area (Å²) in [6, 6.07) is 7.81. The van der Waals surface area contributed by atoms with Gasteiger partial charge in [0.1, 0.15) is 5.75 Å². The number of hydrogen-bond donors (Lipinski definition) is 0. The summed E-state index contributed by atoms with van der Waals surface area (Å²) in [7, 11) is 0. The second-order valence-electron chi connectivity index (χ2n) is 4.79. The van der Waals surface area contributed by atoms with Crippen molar-refractivity contribution in [1.29, 1.82) is 0 Å². The van der Waals surface area contributed by atoms with Gasteiger partial charge in [0.05, 0.1) is 25.4 Å². The number of para-hydroxylation sites is 1. The molecule has 4 nitrogen and oxygen atoms in total. The molecule has 1 aliphatic heterocycles. The first-order valence-corrected chi connectivity index (χ1v) is 6.80. The molecule has 1 aromatic carbocycles. The minimum Gasteiger partial charge on any atom is -0.493 e. The summed E-state index contributed by atoms with van der Waals surface area (Å²) in [6.07, 6.45) is 1.79. The van der Waals surface area contributed by atoms with Crippen LogP contribution in [0.1, 0.15) is 23.7 Å². The third-order valence-electron chi connectivity index (χ3n) is 3.51. The van der Waals surface area contributed by atoms with Crippen LogP contribution >= 0.6 is 0 Å². The van der Waals surface area contributed by atoms with Crippen LogP contribution < -0.4 is 4.74 Å². The molecule has 0 radical (unpaired) electrons. The van der Waals surface area contributed by atoms with Gasteiger partial charge in [0, 0.05) is 19.1 Å². The molecule has 19 heavy (non-hydrogen) atoms. The van der Waals surface area contributed by atoms with E-state index >= 15 is 0 Å². The van der Waals surface area contributed by atoms with Crippen LogP contribution in [-0.2, 0) is 4.74 Å². The summed E-state index contributed by atoms with van der Waals surface area (Å²) in [5.74, 6) is 0.673. The van der Waals surface area contributed by atoms with E-state index in [0.717, 1.165) is 39.0 Å². The van der Waals surface area contributed by atoms with Crippen molar-refractivity contribution in [3.8, 4) is 5.75 Å². The smallest absolute Gasteiger partial charge is 0.153 e. The van der Waals surface area contributed by atoms with Crippen molar-refractivity contribution in [1.82, 2.24) is 4.90 Å². The van der Waals surface area contributed by atoms with Crippen molar-refractivity contribution in [2.45, 2.75) is 19.4 Å². The van der Waals surface area contributed by atoms with Gasteiger partial charge in [-0.2, -0.15) is 0 Å². The monoisotopic (exact) mass is 263 g/mol. The van der Waals surface area contributed by atoms with Crippen LogP contribution in [0.3, 0.4) is 0 Å². The van der Waals surface area contributed by atoms with Crippen molar-refractivity contribution in [2.24, 2.45) is 0 Å². The zero-order valence-corrected chi connectivity index (χ0v) is 11.4. The Morgan fingerprint density at radius 3 is 2.84 bits per heavy atom. The Kier molecular flexibility index (Phi) is 5.36. The standard InChI is InChI=1S/C15H21NO3/c1-13(16-7-10-18-11-8-16)6-9-19-15-5-3-2-4-14(15)12-17/h2-5,12-13H,6-11H2,1H3. The summed E-state index contributed by atoms with van der Waals surface area (Å²) in [5.41, 5.74) is 0.613. The van der Waals surface area contributed by atoms with Crippen molar-refractivity contribution < 1.29 is 14.3 Å². The SMILES string of the molecule is CC(CCOc1ccccc1C=O)N1CCOCC1. The average Bonchev–Trinajstić information content (AvgIpc) is 2.48. The molecule has 1 fully saturated rings. The number of ether oxygens (including phenoxy) is 2. The molecule has 0 aromatic heterocycles. The highest BCUT2D eigenvalue weighted by Crippen LogP contribution is 2.16. The van der Waals surface area contributed by atoms with Crippen LogP contribution in [-0.4, -0.2) is 50.1 Å². The molecule has 0 bridgehead atoms. The second-order valence-corrected chi connectivity index (χ2v) is 4.79. The summed E-state index contributed by atoms with van der Waals surface area (Å²) < 4.78 is 11.0. The van der Waals surface area contributed by atoms with E-state index in [1.165, 1.54) is 0 Å². The molecule has 104 valence electrons. The highest BCUT2D eigenvalue weighted by molar-refractivity contribution is 5.79. The van der Waals surface area contributed by atoms with Crippen LogP contribution in [0.25, 0.3) is 0 Å². The number of benzene rings is 1. The summed E-state index contributed by atoms with van der Waals surface area (Å²) in [5, 5.41) is 0. The van der Waals surface area contributed by atoms with Crippen LogP contribution in [0.2, 0.25) is 0 Å². The minimum atomic E-state index is 0.479. The summed E-state index contributed by atoms with van der Waals surface area (Å²) in [4.78, 5) is 13.3. The quantitative estimate of drug-likeness (QED) is 0.736. The first kappa shape index (κ1) is 14.0. The number of rotatable bonds is 6. The Morgan fingerprint density at radius 1 is 1.37 bits per heavy atom. The Morgan fingerprint density at radius 2 is 2.11 bits per heavy atom. The highest BCUT2D eigenvalue weighted by Gasteiger charge is 2.16. The molecule has 1 aliphatic rings. The fourth-order valence-electron chi connectivity index (χ4n) is 2.25. The van der Waals surface area contributed by atoms with Gasteiger partial charge in [0.15, 0.2) is 6.29 Å². The van der Waals surface area contributed by atoms with E-state index in [1.807, 2.05) is 18.2 Å². The largest absolute Gasteiger partial charge is 0.493 e. The molecule has 1 atom stereocenters. The van der Waals surface area contributed by atoms with Gasteiger partial charge < -0.3 is 9.47 Å². The zero-order chi connectivity index (χ0) is 13.5. The molecule has 1 saturated heterocycles. The minimum absolute atomic E-state index is 0.479. The number of carbonyl (C=O) groups excluding carboxylic acids is 1. The molecule has 0 aliphatic carbocycles. The van der Waals surface area contributed by atoms with Crippen molar-refractivity contribution in [3.63, 3.8) is 0 Å². The van der Waals surface area contributed by atoms with Gasteiger partial charge >= 0.3 is 0 Å². The van der Waals surface area contributed by atoms with Crippen LogP contribution in [0.4, 0.5) is 0 Å². The topological polar surface area (TPSA) is 38.8 Å². The first-order valence-electron chi connectivity index (χ1n) is 6.80. The number of aldehydes is 1. The van der Waals surface area contributed by atoms with Gasteiger partial charge in [-0.1, -0.05) is 12.1 Å². The molecule has 0 amide bonds. The number of morpholine rings is 1. The highest BCUT2D eigenvalue weighted by atomic mass is 16.5. The van der Waals surface area contributed by atoms with Crippen molar-refractivity contribution in [3.05, 3.63) is 29.8 Å². The van der Waals surface area contributed by atoms with Gasteiger partial charge in [-0.3, -0.25) is 9.69 Å². The maximum atomic E-state index is 10.9. The zero-order valence-electron chi connectivity index (χ0n) is 11.4. The Balaban J connectivity index is 1.77. The second kappa shape index (κ2) is 7.26. The molecular formula is C15H21NO3. The van der Waals surface area contributed by atoms with Crippen molar-refractivity contribution >= 4 is 6.29 Å². The molecular weight excluding hydrogens is 242 g/mol. The van der Waals surface area contributed by atoms with E-state index in [2.05, 4.69) is 11.8 Å². The Hall–Kier alpha value is -1.39. The van der Waals surface area contributed by atoms with E-state index in [-0.39, 0.29) is 0 Å². The third kappa shape index (κ3) is 4.04. The van der Waals surface area contributed by atoms with Gasteiger partial charge in [0.25, 0.3) is 0 Å². The predicted molar refractivity (Wildman–Crippen MR) is 73.8 cm³/mol. The van der Waals surface area contributed by atoms with E-state index < -0.39 is 0 Å². The van der Waals surface area contributed by atoms with E-state index in [9.17, 15) is 4.79 Å². The number of nitrogens with zero attached hydrogens (tertiary/aromatic N) is 1. The lowest BCUT2D eigenvalue weighted by Gasteiger charge is -2.32.